The molecule has 1 atom stereocenters. The first kappa shape index (κ1) is 15.0. The van der Waals surface area contributed by atoms with Crippen molar-refractivity contribution in [1.29, 1.82) is 0 Å². The summed E-state index contributed by atoms with van der Waals surface area (Å²) in [6.07, 6.45) is 2.50. The van der Waals surface area contributed by atoms with Crippen LogP contribution in [0, 0.1) is 12.3 Å². The molecule has 0 bridgehead atoms. The molecule has 0 fully saturated rings. The second kappa shape index (κ2) is 6.19. The van der Waals surface area contributed by atoms with Crippen LogP contribution in [0.1, 0.15) is 43.2 Å². The highest BCUT2D eigenvalue weighted by Crippen LogP contribution is 2.23. The Bertz CT molecular complexity index is 413. The summed E-state index contributed by atoms with van der Waals surface area (Å²) in [7, 11) is 0. The highest BCUT2D eigenvalue weighted by molar-refractivity contribution is 6.21. The third-order valence-electron chi connectivity index (χ3n) is 2.48. The van der Waals surface area contributed by atoms with Gasteiger partial charge in [-0.1, -0.05) is 20.8 Å². The van der Waals surface area contributed by atoms with Crippen molar-refractivity contribution in [2.45, 2.75) is 39.5 Å². The van der Waals surface area contributed by atoms with Crippen LogP contribution < -0.4 is 5.32 Å². The number of rotatable bonds is 4. The lowest BCUT2D eigenvalue weighted by Gasteiger charge is -2.22. The number of hydrogen-bond acceptors (Lipinski definition) is 2. The molecule has 0 spiro atoms. The van der Waals surface area contributed by atoms with Gasteiger partial charge in [0.1, 0.15) is 0 Å². The number of pyridine rings is 1. The Morgan fingerprint density at radius 3 is 2.72 bits per heavy atom. The maximum atomic E-state index is 11.9. The van der Waals surface area contributed by atoms with Gasteiger partial charge in [-0.2, -0.15) is 0 Å². The van der Waals surface area contributed by atoms with E-state index in [1.165, 1.54) is 0 Å². The molecule has 1 heterocycles. The van der Waals surface area contributed by atoms with Crippen molar-refractivity contribution in [3.8, 4) is 0 Å². The Morgan fingerprint density at radius 2 is 2.17 bits per heavy atom. The lowest BCUT2D eigenvalue weighted by molar-refractivity contribution is 0.0951. The Balaban J connectivity index is 2.47. The van der Waals surface area contributed by atoms with E-state index >= 15 is 0 Å². The van der Waals surface area contributed by atoms with Crippen molar-refractivity contribution in [2.75, 3.05) is 6.54 Å². The molecule has 0 aliphatic rings. The van der Waals surface area contributed by atoms with Gasteiger partial charge >= 0.3 is 0 Å². The van der Waals surface area contributed by atoms with Gasteiger partial charge in [-0.15, -0.1) is 11.6 Å². The SMILES string of the molecule is Cc1cc(C(=O)NCC(Cl)CC(C)(C)C)ccn1. The molecule has 0 saturated carbocycles. The van der Waals surface area contributed by atoms with Crippen LogP contribution in [-0.2, 0) is 0 Å². The first-order chi connectivity index (χ1) is 8.28. The van der Waals surface area contributed by atoms with E-state index in [1.807, 2.05) is 6.92 Å². The highest BCUT2D eigenvalue weighted by Gasteiger charge is 2.17. The quantitative estimate of drug-likeness (QED) is 0.853. The molecule has 0 radical (unpaired) electrons. The minimum atomic E-state index is -0.0972. The number of amides is 1. The third-order valence-corrected chi connectivity index (χ3v) is 2.79. The van der Waals surface area contributed by atoms with Gasteiger partial charge in [0.05, 0.1) is 5.38 Å². The third kappa shape index (κ3) is 5.50. The Kier molecular flexibility index (Phi) is 5.15. The number of nitrogens with one attached hydrogen (secondary N) is 1. The van der Waals surface area contributed by atoms with E-state index in [-0.39, 0.29) is 16.7 Å². The molecule has 3 nitrogen and oxygen atoms in total. The molecule has 0 saturated heterocycles. The molecule has 1 aromatic rings. The van der Waals surface area contributed by atoms with Crippen LogP contribution in [0.25, 0.3) is 0 Å². The summed E-state index contributed by atoms with van der Waals surface area (Å²) in [6, 6.07) is 3.47. The van der Waals surface area contributed by atoms with Crippen molar-refractivity contribution in [3.63, 3.8) is 0 Å². The van der Waals surface area contributed by atoms with Gasteiger partial charge in [0, 0.05) is 24.0 Å². The van der Waals surface area contributed by atoms with Crippen molar-refractivity contribution >= 4 is 17.5 Å². The van der Waals surface area contributed by atoms with E-state index in [9.17, 15) is 4.79 Å². The first-order valence-corrected chi connectivity index (χ1v) is 6.56. The fraction of sp³-hybridized carbons (Fsp3) is 0.571. The summed E-state index contributed by atoms with van der Waals surface area (Å²) in [6.45, 7) is 8.75. The first-order valence-electron chi connectivity index (χ1n) is 6.13. The number of hydrogen-bond donors (Lipinski definition) is 1. The Morgan fingerprint density at radius 1 is 1.50 bits per heavy atom. The van der Waals surface area contributed by atoms with Crippen molar-refractivity contribution in [3.05, 3.63) is 29.6 Å². The molecular formula is C14H21ClN2O. The van der Waals surface area contributed by atoms with Crippen molar-refractivity contribution < 1.29 is 4.79 Å². The van der Waals surface area contributed by atoms with Gasteiger partial charge in [0.2, 0.25) is 0 Å². The summed E-state index contributed by atoms with van der Waals surface area (Å²) >= 11 is 6.20. The number of alkyl halides is 1. The summed E-state index contributed by atoms with van der Waals surface area (Å²) < 4.78 is 0. The standard InChI is InChI=1S/C14H21ClN2O/c1-10-7-11(5-6-16-10)13(18)17-9-12(15)8-14(2,3)4/h5-7,12H,8-9H2,1-4H3,(H,17,18). The molecule has 1 rings (SSSR count). The second-order valence-electron chi connectivity index (χ2n) is 5.76. The second-order valence-corrected chi connectivity index (χ2v) is 6.38. The topological polar surface area (TPSA) is 42.0 Å². The lowest BCUT2D eigenvalue weighted by Crippen LogP contribution is -2.31. The molecule has 0 aliphatic heterocycles. The monoisotopic (exact) mass is 268 g/mol. The number of halogens is 1. The van der Waals surface area contributed by atoms with E-state index in [0.29, 0.717) is 12.1 Å². The number of aromatic nitrogens is 1. The minimum absolute atomic E-state index is 0.0446. The average Bonchev–Trinajstić information content (AvgIpc) is 2.23. The fourth-order valence-electron chi connectivity index (χ4n) is 1.73. The van der Waals surface area contributed by atoms with Crippen LogP contribution in [0.4, 0.5) is 0 Å². The van der Waals surface area contributed by atoms with Crippen molar-refractivity contribution in [2.24, 2.45) is 5.41 Å². The van der Waals surface area contributed by atoms with E-state index < -0.39 is 0 Å². The average molecular weight is 269 g/mol. The van der Waals surface area contributed by atoms with Gasteiger partial charge in [0.25, 0.3) is 5.91 Å². The van der Waals surface area contributed by atoms with Crippen LogP contribution in [0.3, 0.4) is 0 Å². The zero-order chi connectivity index (χ0) is 13.8. The van der Waals surface area contributed by atoms with Crippen LogP contribution in [0.15, 0.2) is 18.3 Å². The molecule has 4 heteroatoms. The van der Waals surface area contributed by atoms with Crippen LogP contribution in [0.5, 0.6) is 0 Å². The van der Waals surface area contributed by atoms with Gasteiger partial charge < -0.3 is 5.32 Å². The predicted octanol–water partition coefficient (Wildman–Crippen LogP) is 3.16. The summed E-state index contributed by atoms with van der Waals surface area (Å²) in [5, 5.41) is 2.81. The lowest BCUT2D eigenvalue weighted by atomic mass is 9.90. The molecule has 1 amide bonds. The van der Waals surface area contributed by atoms with Gasteiger partial charge in [-0.3, -0.25) is 9.78 Å². The van der Waals surface area contributed by atoms with Gasteiger partial charge in [-0.25, -0.2) is 0 Å². The predicted molar refractivity (Wildman–Crippen MR) is 75.0 cm³/mol. The largest absolute Gasteiger partial charge is 0.351 e. The van der Waals surface area contributed by atoms with Gasteiger partial charge in [-0.05, 0) is 30.9 Å². The summed E-state index contributed by atoms with van der Waals surface area (Å²) in [4.78, 5) is 15.9. The molecule has 1 N–H and O–H groups in total. The molecule has 18 heavy (non-hydrogen) atoms. The molecule has 100 valence electrons. The molecule has 0 aromatic carbocycles. The van der Waals surface area contributed by atoms with Crippen molar-refractivity contribution in [1.82, 2.24) is 10.3 Å². The van der Waals surface area contributed by atoms with Crippen LogP contribution >= 0.6 is 11.6 Å². The zero-order valence-electron chi connectivity index (χ0n) is 11.5. The van der Waals surface area contributed by atoms with E-state index in [1.54, 1.807) is 18.3 Å². The van der Waals surface area contributed by atoms with Crippen LogP contribution in [0.2, 0.25) is 0 Å². The number of nitrogens with zero attached hydrogens (tertiary/aromatic N) is 1. The maximum Gasteiger partial charge on any atom is 0.251 e. The number of aryl methyl sites for hydroxylation is 1. The number of carbonyl (C=O) groups excluding carboxylic acids is 1. The fourth-order valence-corrected chi connectivity index (χ4v) is 2.27. The van der Waals surface area contributed by atoms with E-state index in [2.05, 4.69) is 31.1 Å². The Labute approximate surface area is 114 Å². The molecular weight excluding hydrogens is 248 g/mol. The maximum absolute atomic E-state index is 11.9. The molecule has 1 aromatic heterocycles. The minimum Gasteiger partial charge on any atom is -0.351 e. The summed E-state index contributed by atoms with van der Waals surface area (Å²) in [5.41, 5.74) is 1.63. The molecule has 1 unspecified atom stereocenters. The van der Waals surface area contributed by atoms with Crippen LogP contribution in [-0.4, -0.2) is 22.8 Å². The van der Waals surface area contributed by atoms with E-state index in [0.717, 1.165) is 12.1 Å². The number of carbonyl (C=O) groups is 1. The summed E-state index contributed by atoms with van der Waals surface area (Å²) in [5.74, 6) is -0.0972. The normalized spacial score (nSPS) is 13.2. The zero-order valence-corrected chi connectivity index (χ0v) is 12.2. The van der Waals surface area contributed by atoms with E-state index in [4.69, 9.17) is 11.6 Å². The highest BCUT2D eigenvalue weighted by atomic mass is 35.5. The smallest absolute Gasteiger partial charge is 0.251 e. The molecule has 0 aliphatic carbocycles. The Hall–Kier alpha value is -1.09. The van der Waals surface area contributed by atoms with Gasteiger partial charge in [0.15, 0.2) is 0 Å².